The second-order valence-electron chi connectivity index (χ2n) is 4.21. The molecule has 2 rings (SSSR count). The average molecular weight is 235 g/mol. The van der Waals surface area contributed by atoms with Gasteiger partial charge < -0.3 is 15.4 Å². The van der Waals surface area contributed by atoms with Crippen LogP contribution in [0.25, 0.3) is 0 Å². The Bertz CT molecular complexity index is 434. The quantitative estimate of drug-likeness (QED) is 0.761. The molecule has 92 valence electrons. The Kier molecular flexibility index (Phi) is 3.19. The van der Waals surface area contributed by atoms with E-state index >= 15 is 0 Å². The van der Waals surface area contributed by atoms with Crippen molar-refractivity contribution in [3.05, 3.63) is 18.2 Å². The van der Waals surface area contributed by atoms with E-state index in [4.69, 9.17) is 10.5 Å². The molecule has 5 heteroatoms. The molecular weight excluding hydrogens is 218 g/mol. The normalized spacial score (nSPS) is 17.3. The van der Waals surface area contributed by atoms with Crippen LogP contribution in [0.15, 0.2) is 18.2 Å². The Morgan fingerprint density at radius 3 is 2.76 bits per heavy atom. The van der Waals surface area contributed by atoms with Crippen LogP contribution >= 0.6 is 0 Å². The Balaban J connectivity index is 2.30. The number of carbonyl (C=O) groups is 1. The van der Waals surface area contributed by atoms with Gasteiger partial charge in [-0.25, -0.2) is 0 Å². The predicted octanol–water partition coefficient (Wildman–Crippen LogP) is 0.556. The number of hydrogen-bond donors (Lipinski definition) is 1. The Morgan fingerprint density at radius 1 is 1.35 bits per heavy atom. The van der Waals surface area contributed by atoms with E-state index in [-0.39, 0.29) is 5.91 Å². The highest BCUT2D eigenvalue weighted by Gasteiger charge is 2.24. The molecule has 1 aliphatic rings. The van der Waals surface area contributed by atoms with E-state index in [1.54, 1.807) is 24.1 Å². The zero-order valence-corrected chi connectivity index (χ0v) is 10.1. The molecule has 0 radical (unpaired) electrons. The third-order valence-electron chi connectivity index (χ3n) is 2.91. The molecule has 0 atom stereocenters. The summed E-state index contributed by atoms with van der Waals surface area (Å²) in [4.78, 5) is 15.7. The SMILES string of the molecule is COc1cc(N)ccc1N1CCN(C)CC1=O. The molecule has 0 unspecified atom stereocenters. The van der Waals surface area contributed by atoms with Gasteiger partial charge in [-0.15, -0.1) is 0 Å². The summed E-state index contributed by atoms with van der Waals surface area (Å²) in [5.74, 6) is 0.727. The van der Waals surface area contributed by atoms with Crippen LogP contribution in [0.5, 0.6) is 5.75 Å². The molecule has 1 aromatic carbocycles. The summed E-state index contributed by atoms with van der Waals surface area (Å²) in [5.41, 5.74) is 7.12. The van der Waals surface area contributed by atoms with Crippen molar-refractivity contribution in [1.29, 1.82) is 0 Å². The molecule has 17 heavy (non-hydrogen) atoms. The van der Waals surface area contributed by atoms with E-state index in [0.717, 1.165) is 12.2 Å². The van der Waals surface area contributed by atoms with Crippen LogP contribution in [-0.4, -0.2) is 44.6 Å². The van der Waals surface area contributed by atoms with Gasteiger partial charge in [-0.1, -0.05) is 0 Å². The lowest BCUT2D eigenvalue weighted by Crippen LogP contribution is -2.49. The molecule has 1 aliphatic heterocycles. The first-order chi connectivity index (χ1) is 8.11. The van der Waals surface area contributed by atoms with Gasteiger partial charge in [0.05, 0.1) is 19.3 Å². The number of hydrogen-bond acceptors (Lipinski definition) is 4. The van der Waals surface area contributed by atoms with Crippen LogP contribution in [0, 0.1) is 0 Å². The van der Waals surface area contributed by atoms with Crippen LogP contribution in [0.3, 0.4) is 0 Å². The van der Waals surface area contributed by atoms with E-state index < -0.39 is 0 Å². The second-order valence-corrected chi connectivity index (χ2v) is 4.21. The third-order valence-corrected chi connectivity index (χ3v) is 2.91. The zero-order valence-electron chi connectivity index (χ0n) is 10.1. The molecule has 0 spiro atoms. The first-order valence-electron chi connectivity index (χ1n) is 5.54. The molecule has 1 saturated heterocycles. The first kappa shape index (κ1) is 11.7. The highest BCUT2D eigenvalue weighted by atomic mass is 16.5. The summed E-state index contributed by atoms with van der Waals surface area (Å²) in [5, 5.41) is 0. The maximum absolute atomic E-state index is 12.0. The molecule has 0 saturated carbocycles. The zero-order chi connectivity index (χ0) is 12.4. The Hall–Kier alpha value is -1.75. The molecule has 1 fully saturated rings. The fourth-order valence-electron chi connectivity index (χ4n) is 1.96. The van der Waals surface area contributed by atoms with Crippen LogP contribution in [0.2, 0.25) is 0 Å². The first-order valence-corrected chi connectivity index (χ1v) is 5.54. The van der Waals surface area contributed by atoms with E-state index in [1.165, 1.54) is 0 Å². The van der Waals surface area contributed by atoms with Crippen molar-refractivity contribution >= 4 is 17.3 Å². The highest BCUT2D eigenvalue weighted by Crippen LogP contribution is 2.31. The predicted molar refractivity (Wildman–Crippen MR) is 67.3 cm³/mol. The number of nitrogens with zero attached hydrogens (tertiary/aromatic N) is 2. The lowest BCUT2D eigenvalue weighted by atomic mass is 10.2. The lowest BCUT2D eigenvalue weighted by molar-refractivity contribution is -0.120. The van der Waals surface area contributed by atoms with Gasteiger partial charge in [0.2, 0.25) is 5.91 Å². The van der Waals surface area contributed by atoms with Gasteiger partial charge in [0, 0.05) is 24.8 Å². The number of anilines is 2. The number of nitrogens with two attached hydrogens (primary N) is 1. The number of rotatable bonds is 2. The van der Waals surface area contributed by atoms with Gasteiger partial charge in [-0.3, -0.25) is 9.69 Å². The van der Waals surface area contributed by atoms with Gasteiger partial charge in [-0.05, 0) is 19.2 Å². The van der Waals surface area contributed by atoms with E-state index in [9.17, 15) is 4.79 Å². The number of methoxy groups -OCH3 is 1. The van der Waals surface area contributed by atoms with Crippen molar-refractivity contribution in [3.8, 4) is 5.75 Å². The second kappa shape index (κ2) is 4.63. The Morgan fingerprint density at radius 2 is 2.12 bits per heavy atom. The third kappa shape index (κ3) is 2.34. The van der Waals surface area contributed by atoms with E-state index in [0.29, 0.717) is 24.5 Å². The van der Waals surface area contributed by atoms with Crippen molar-refractivity contribution in [2.24, 2.45) is 0 Å². The number of nitrogen functional groups attached to an aromatic ring is 1. The molecular formula is C12H17N3O2. The number of carbonyl (C=O) groups excluding carboxylic acids is 1. The Labute approximate surface area is 101 Å². The van der Waals surface area contributed by atoms with Gasteiger partial charge in [0.25, 0.3) is 0 Å². The summed E-state index contributed by atoms with van der Waals surface area (Å²) in [6.07, 6.45) is 0. The monoisotopic (exact) mass is 235 g/mol. The van der Waals surface area contributed by atoms with Gasteiger partial charge >= 0.3 is 0 Å². The maximum atomic E-state index is 12.0. The van der Waals surface area contributed by atoms with Crippen molar-refractivity contribution in [2.45, 2.75) is 0 Å². The van der Waals surface area contributed by atoms with Gasteiger partial charge in [0.1, 0.15) is 5.75 Å². The number of piperazine rings is 1. The van der Waals surface area contributed by atoms with Crippen molar-refractivity contribution in [2.75, 3.05) is 44.4 Å². The van der Waals surface area contributed by atoms with Gasteiger partial charge in [-0.2, -0.15) is 0 Å². The standard InChI is InChI=1S/C12H17N3O2/c1-14-5-6-15(12(16)8-14)10-4-3-9(13)7-11(10)17-2/h3-4,7H,5-6,8,13H2,1-2H3. The molecule has 1 aromatic rings. The molecule has 2 N–H and O–H groups in total. The van der Waals surface area contributed by atoms with Crippen LogP contribution in [-0.2, 0) is 4.79 Å². The molecule has 5 nitrogen and oxygen atoms in total. The van der Waals surface area contributed by atoms with Crippen molar-refractivity contribution in [1.82, 2.24) is 4.90 Å². The molecule has 0 aromatic heterocycles. The van der Waals surface area contributed by atoms with E-state index in [2.05, 4.69) is 0 Å². The molecule has 1 heterocycles. The minimum atomic E-state index is 0.0850. The van der Waals surface area contributed by atoms with Crippen LogP contribution < -0.4 is 15.4 Å². The van der Waals surface area contributed by atoms with E-state index in [1.807, 2.05) is 18.0 Å². The maximum Gasteiger partial charge on any atom is 0.241 e. The van der Waals surface area contributed by atoms with Crippen molar-refractivity contribution < 1.29 is 9.53 Å². The highest BCUT2D eigenvalue weighted by molar-refractivity contribution is 5.97. The minimum Gasteiger partial charge on any atom is -0.494 e. The van der Waals surface area contributed by atoms with Crippen LogP contribution in [0.1, 0.15) is 0 Å². The topological polar surface area (TPSA) is 58.8 Å². The smallest absolute Gasteiger partial charge is 0.241 e. The summed E-state index contributed by atoms with van der Waals surface area (Å²) in [7, 11) is 3.52. The summed E-state index contributed by atoms with van der Waals surface area (Å²) >= 11 is 0. The average Bonchev–Trinajstić information content (AvgIpc) is 2.30. The number of amides is 1. The summed E-state index contributed by atoms with van der Waals surface area (Å²) < 4.78 is 5.27. The fraction of sp³-hybridized carbons (Fsp3) is 0.417. The van der Waals surface area contributed by atoms with Gasteiger partial charge in [0.15, 0.2) is 0 Å². The minimum absolute atomic E-state index is 0.0850. The molecule has 0 bridgehead atoms. The summed E-state index contributed by atoms with van der Waals surface area (Å²) in [6, 6.07) is 5.35. The molecule has 0 aliphatic carbocycles. The summed E-state index contributed by atoms with van der Waals surface area (Å²) in [6.45, 7) is 1.97. The number of likely N-dealkylation sites (N-methyl/N-ethyl adjacent to an activating group) is 1. The number of benzene rings is 1. The fourth-order valence-corrected chi connectivity index (χ4v) is 1.96. The largest absolute Gasteiger partial charge is 0.494 e. The van der Waals surface area contributed by atoms with Crippen LogP contribution in [0.4, 0.5) is 11.4 Å². The molecule has 1 amide bonds. The number of ether oxygens (including phenoxy) is 1. The van der Waals surface area contributed by atoms with Crippen molar-refractivity contribution in [3.63, 3.8) is 0 Å². The lowest BCUT2D eigenvalue weighted by Gasteiger charge is -2.32.